The zero-order chi connectivity index (χ0) is 27.7. The van der Waals surface area contributed by atoms with Crippen LogP contribution < -0.4 is 5.32 Å². The van der Waals surface area contributed by atoms with Gasteiger partial charge in [-0.3, -0.25) is 19.5 Å². The summed E-state index contributed by atoms with van der Waals surface area (Å²) in [6.45, 7) is 4.65. The zero-order valence-electron chi connectivity index (χ0n) is 22.5. The molecule has 0 saturated carbocycles. The van der Waals surface area contributed by atoms with Gasteiger partial charge in [-0.2, -0.15) is 0 Å². The first-order valence-electron chi connectivity index (χ1n) is 14.2. The van der Waals surface area contributed by atoms with Gasteiger partial charge in [0.2, 0.25) is 0 Å². The van der Waals surface area contributed by atoms with Crippen LogP contribution in [0.25, 0.3) is 0 Å². The van der Waals surface area contributed by atoms with Gasteiger partial charge in [0.15, 0.2) is 0 Å². The number of fused-ring (bicyclic) bond motifs is 1. The molecule has 2 fully saturated rings. The predicted molar refractivity (Wildman–Crippen MR) is 153 cm³/mol. The molecule has 1 aromatic heterocycles. The Kier molecular flexibility index (Phi) is 7.60. The molecule has 208 valence electrons. The van der Waals surface area contributed by atoms with Crippen molar-refractivity contribution in [3.63, 3.8) is 0 Å². The van der Waals surface area contributed by atoms with Crippen LogP contribution >= 0.6 is 11.6 Å². The van der Waals surface area contributed by atoms with Gasteiger partial charge >= 0.3 is 0 Å². The number of amides is 2. The van der Waals surface area contributed by atoms with Crippen molar-refractivity contribution in [3.05, 3.63) is 99.6 Å². The Hall–Kier alpha value is -3.29. The Morgan fingerprint density at radius 2 is 1.80 bits per heavy atom. The minimum absolute atomic E-state index is 0.0424. The third kappa shape index (κ3) is 5.50. The average molecular weight is 561 g/mol. The second-order valence-electron chi connectivity index (χ2n) is 11.5. The molecule has 1 atom stereocenters. The van der Waals surface area contributed by atoms with Gasteiger partial charge in [-0.25, -0.2) is 4.39 Å². The van der Waals surface area contributed by atoms with Gasteiger partial charge in [-0.1, -0.05) is 29.8 Å². The summed E-state index contributed by atoms with van der Waals surface area (Å²) < 4.78 is 14.3. The number of carbonyl (C=O) groups excluding carboxylic acids is 2. The lowest BCUT2D eigenvalue weighted by atomic mass is 9.71. The van der Waals surface area contributed by atoms with E-state index in [-0.39, 0.29) is 22.5 Å². The normalized spacial score (nSPS) is 20.4. The maximum absolute atomic E-state index is 14.3. The fourth-order valence-corrected chi connectivity index (χ4v) is 6.88. The lowest BCUT2D eigenvalue weighted by molar-refractivity contribution is 0.0285. The number of aromatic nitrogens is 1. The minimum Gasteiger partial charge on any atom is -0.345 e. The lowest BCUT2D eigenvalue weighted by Gasteiger charge is -2.47. The largest absolute Gasteiger partial charge is 0.345 e. The van der Waals surface area contributed by atoms with Gasteiger partial charge in [-0.05, 0) is 104 Å². The molecule has 1 spiro atoms. The van der Waals surface area contributed by atoms with Crippen LogP contribution in [0.2, 0.25) is 5.02 Å². The molecule has 2 amide bonds. The number of likely N-dealkylation sites (tertiary alicyclic amines) is 2. The van der Waals surface area contributed by atoms with E-state index in [1.807, 2.05) is 41.6 Å². The third-order valence-corrected chi connectivity index (χ3v) is 9.44. The van der Waals surface area contributed by atoms with E-state index in [1.54, 1.807) is 0 Å². The smallest absolute Gasteiger partial charge is 0.256 e. The molecule has 1 N–H and O–H groups in total. The third-order valence-electron chi connectivity index (χ3n) is 9.12. The summed E-state index contributed by atoms with van der Waals surface area (Å²) in [5.41, 5.74) is 4.12. The van der Waals surface area contributed by atoms with Gasteiger partial charge in [0, 0.05) is 37.6 Å². The maximum atomic E-state index is 14.3. The number of hydrogen-bond donors (Lipinski definition) is 1. The van der Waals surface area contributed by atoms with Gasteiger partial charge in [0.05, 0.1) is 16.6 Å². The first-order valence-corrected chi connectivity index (χ1v) is 14.6. The van der Waals surface area contributed by atoms with Crippen molar-refractivity contribution in [1.82, 2.24) is 20.1 Å². The number of benzene rings is 2. The van der Waals surface area contributed by atoms with E-state index in [2.05, 4.69) is 21.3 Å². The summed E-state index contributed by atoms with van der Waals surface area (Å²) in [7, 11) is 0. The van der Waals surface area contributed by atoms with E-state index in [0.29, 0.717) is 17.4 Å². The fraction of sp³-hybridized carbons (Fsp3) is 0.406. The van der Waals surface area contributed by atoms with E-state index in [0.717, 1.165) is 63.1 Å². The lowest BCUT2D eigenvalue weighted by Crippen LogP contribution is -2.48. The van der Waals surface area contributed by atoms with Crippen molar-refractivity contribution < 1.29 is 14.0 Å². The van der Waals surface area contributed by atoms with Gasteiger partial charge < -0.3 is 10.2 Å². The number of nitrogens with one attached hydrogen (secondary N) is 1. The molecule has 6 nitrogen and oxygen atoms in total. The van der Waals surface area contributed by atoms with Crippen molar-refractivity contribution >= 4 is 23.4 Å². The quantitative estimate of drug-likeness (QED) is 0.428. The first kappa shape index (κ1) is 26.9. The van der Waals surface area contributed by atoms with Crippen LogP contribution in [0.4, 0.5) is 4.39 Å². The molecular formula is C32H34ClFN4O2. The van der Waals surface area contributed by atoms with Gasteiger partial charge in [-0.15, -0.1) is 0 Å². The highest BCUT2D eigenvalue weighted by atomic mass is 35.5. The summed E-state index contributed by atoms with van der Waals surface area (Å²) in [5, 5.41) is 3.03. The number of nitrogens with zero attached hydrogens (tertiary/aromatic N) is 3. The number of hydrogen-bond acceptors (Lipinski definition) is 4. The van der Waals surface area contributed by atoms with Gasteiger partial charge in [0.25, 0.3) is 11.8 Å². The molecule has 0 bridgehead atoms. The van der Waals surface area contributed by atoms with Crippen LogP contribution in [0.5, 0.6) is 0 Å². The van der Waals surface area contributed by atoms with Gasteiger partial charge in [0.1, 0.15) is 5.82 Å². The predicted octanol–water partition coefficient (Wildman–Crippen LogP) is 5.81. The Bertz CT molecular complexity index is 1380. The van der Waals surface area contributed by atoms with Crippen molar-refractivity contribution in [2.75, 3.05) is 26.2 Å². The van der Waals surface area contributed by atoms with Crippen molar-refractivity contribution in [2.45, 2.75) is 51.1 Å². The molecule has 8 heteroatoms. The molecule has 1 aliphatic carbocycles. The van der Waals surface area contributed by atoms with Crippen molar-refractivity contribution in [3.8, 4) is 0 Å². The average Bonchev–Trinajstić information content (AvgIpc) is 3.37. The summed E-state index contributed by atoms with van der Waals surface area (Å²) in [6, 6.07) is 13.9. The molecule has 1 unspecified atom stereocenters. The molecule has 2 aliphatic heterocycles. The van der Waals surface area contributed by atoms with Crippen LogP contribution in [-0.4, -0.2) is 52.8 Å². The van der Waals surface area contributed by atoms with Crippen molar-refractivity contribution in [1.29, 1.82) is 0 Å². The summed E-state index contributed by atoms with van der Waals surface area (Å²) in [4.78, 5) is 35.1. The summed E-state index contributed by atoms with van der Waals surface area (Å²) in [5.74, 6) is -1.14. The second kappa shape index (κ2) is 11.3. The van der Waals surface area contributed by atoms with E-state index < -0.39 is 11.7 Å². The number of carbonyl (C=O) groups is 2. The Morgan fingerprint density at radius 1 is 1.02 bits per heavy atom. The van der Waals surface area contributed by atoms with Crippen LogP contribution in [0, 0.1) is 11.2 Å². The number of rotatable bonds is 5. The van der Waals surface area contributed by atoms with Crippen LogP contribution in [-0.2, 0) is 13.0 Å². The second-order valence-corrected chi connectivity index (χ2v) is 11.9. The summed E-state index contributed by atoms with van der Waals surface area (Å²) in [6.07, 6.45) is 9.66. The summed E-state index contributed by atoms with van der Waals surface area (Å²) >= 11 is 6.10. The molecule has 6 rings (SSSR count). The van der Waals surface area contributed by atoms with Crippen molar-refractivity contribution in [2.24, 2.45) is 5.41 Å². The minimum atomic E-state index is -0.644. The van der Waals surface area contributed by atoms with Crippen LogP contribution in [0.1, 0.15) is 75.6 Å². The Morgan fingerprint density at radius 3 is 2.52 bits per heavy atom. The number of pyridine rings is 1. The molecule has 3 aliphatic rings. The topological polar surface area (TPSA) is 65.5 Å². The Labute approximate surface area is 239 Å². The molecule has 2 aromatic carbocycles. The number of halogens is 2. The van der Waals surface area contributed by atoms with E-state index in [1.165, 1.54) is 36.6 Å². The molecule has 3 aromatic rings. The van der Waals surface area contributed by atoms with E-state index in [4.69, 9.17) is 11.6 Å². The van der Waals surface area contributed by atoms with Crippen LogP contribution in [0.3, 0.4) is 0 Å². The zero-order valence-corrected chi connectivity index (χ0v) is 23.3. The highest BCUT2D eigenvalue weighted by Crippen LogP contribution is 2.42. The monoisotopic (exact) mass is 560 g/mol. The molecule has 3 heterocycles. The van der Waals surface area contributed by atoms with E-state index >= 15 is 0 Å². The highest BCUT2D eigenvalue weighted by Gasteiger charge is 2.39. The maximum Gasteiger partial charge on any atom is 0.256 e. The SMILES string of the molecule is O=C(NC1CCc2ccc(C(=O)N3CCC4(CCN(Cc5cccnc5)CC4)CC3)cc21)c1c(F)cccc1Cl. The van der Waals surface area contributed by atoms with Crippen LogP contribution in [0.15, 0.2) is 60.9 Å². The Balaban J connectivity index is 1.06. The fourth-order valence-electron chi connectivity index (χ4n) is 6.63. The first-order chi connectivity index (χ1) is 19.4. The highest BCUT2D eigenvalue weighted by molar-refractivity contribution is 6.33. The number of aryl methyl sites for hydroxylation is 1. The molecule has 40 heavy (non-hydrogen) atoms. The number of piperidine rings is 2. The molecular weight excluding hydrogens is 527 g/mol. The molecule has 2 saturated heterocycles. The van der Waals surface area contributed by atoms with E-state index in [9.17, 15) is 14.0 Å². The molecule has 0 radical (unpaired) electrons. The standard InChI is InChI=1S/C32H34ClFN4O2/c33-26-4-1-5-27(34)29(26)30(39)36-28-9-8-23-6-7-24(19-25(23)28)31(40)38-17-12-32(13-18-38)10-15-37(16-11-32)21-22-3-2-14-35-20-22/h1-7,14,19-20,28H,8-13,15-18,21H2,(H,36,39).